The average molecular weight is 372 g/mol. The first-order chi connectivity index (χ1) is 13.7. The van der Waals surface area contributed by atoms with E-state index in [0.29, 0.717) is 18.8 Å². The van der Waals surface area contributed by atoms with E-state index in [-0.39, 0.29) is 5.91 Å². The SMILES string of the molecule is Cc1ccccc1Nc1ccc(C(=O)N2CCN(c3ccccc3)CC2)nc1. The summed E-state index contributed by atoms with van der Waals surface area (Å²) in [6.07, 6.45) is 1.72. The highest BCUT2D eigenvalue weighted by Crippen LogP contribution is 2.20. The summed E-state index contributed by atoms with van der Waals surface area (Å²) in [5, 5.41) is 3.35. The second kappa shape index (κ2) is 8.13. The van der Waals surface area contributed by atoms with Gasteiger partial charge in [0.2, 0.25) is 0 Å². The first-order valence-corrected chi connectivity index (χ1v) is 9.59. The molecule has 1 aliphatic rings. The van der Waals surface area contributed by atoms with E-state index in [9.17, 15) is 4.79 Å². The van der Waals surface area contributed by atoms with E-state index in [1.165, 1.54) is 11.3 Å². The number of carbonyl (C=O) groups excluding carboxylic acids is 1. The zero-order chi connectivity index (χ0) is 19.3. The van der Waals surface area contributed by atoms with E-state index in [2.05, 4.69) is 40.3 Å². The molecule has 1 N–H and O–H groups in total. The van der Waals surface area contributed by atoms with Gasteiger partial charge in [-0.15, -0.1) is 0 Å². The van der Waals surface area contributed by atoms with Crippen LogP contribution in [0, 0.1) is 6.92 Å². The van der Waals surface area contributed by atoms with Gasteiger partial charge in [0.25, 0.3) is 5.91 Å². The van der Waals surface area contributed by atoms with Gasteiger partial charge in [-0.1, -0.05) is 36.4 Å². The first kappa shape index (κ1) is 18.0. The number of piperazine rings is 1. The zero-order valence-corrected chi connectivity index (χ0v) is 16.0. The topological polar surface area (TPSA) is 48.5 Å². The number of nitrogens with one attached hydrogen (secondary N) is 1. The van der Waals surface area contributed by atoms with Crippen molar-refractivity contribution in [3.8, 4) is 0 Å². The van der Waals surface area contributed by atoms with Gasteiger partial charge in [0.05, 0.1) is 11.9 Å². The molecule has 1 aromatic heterocycles. The van der Waals surface area contributed by atoms with Gasteiger partial charge in [-0.05, 0) is 42.8 Å². The molecule has 0 atom stereocenters. The highest BCUT2D eigenvalue weighted by molar-refractivity contribution is 5.92. The predicted molar refractivity (Wildman–Crippen MR) is 113 cm³/mol. The molecule has 2 heterocycles. The van der Waals surface area contributed by atoms with Crippen LogP contribution in [0.3, 0.4) is 0 Å². The van der Waals surface area contributed by atoms with Gasteiger partial charge in [-0.3, -0.25) is 4.79 Å². The predicted octanol–water partition coefficient (Wildman–Crippen LogP) is 4.10. The molecule has 1 fully saturated rings. The monoisotopic (exact) mass is 372 g/mol. The van der Waals surface area contributed by atoms with Crippen LogP contribution in [0.1, 0.15) is 16.1 Å². The molecule has 0 unspecified atom stereocenters. The van der Waals surface area contributed by atoms with E-state index in [0.717, 1.165) is 24.5 Å². The quantitative estimate of drug-likeness (QED) is 0.749. The van der Waals surface area contributed by atoms with E-state index in [4.69, 9.17) is 0 Å². The summed E-state index contributed by atoms with van der Waals surface area (Å²) in [4.78, 5) is 21.4. The van der Waals surface area contributed by atoms with Crippen LogP contribution in [-0.2, 0) is 0 Å². The Morgan fingerprint density at radius 2 is 1.61 bits per heavy atom. The molecule has 0 radical (unpaired) electrons. The van der Waals surface area contributed by atoms with Crippen molar-refractivity contribution in [3.63, 3.8) is 0 Å². The number of pyridine rings is 1. The molecule has 28 heavy (non-hydrogen) atoms. The molecule has 0 aliphatic carbocycles. The van der Waals surface area contributed by atoms with Crippen molar-refractivity contribution in [2.24, 2.45) is 0 Å². The molecule has 0 spiro atoms. The van der Waals surface area contributed by atoms with Crippen molar-refractivity contribution in [2.75, 3.05) is 36.4 Å². The van der Waals surface area contributed by atoms with Gasteiger partial charge in [0.1, 0.15) is 5.69 Å². The Labute approximate surface area is 165 Å². The second-order valence-electron chi connectivity index (χ2n) is 6.99. The van der Waals surface area contributed by atoms with Crippen molar-refractivity contribution in [1.29, 1.82) is 0 Å². The molecular formula is C23H24N4O. The summed E-state index contributed by atoms with van der Waals surface area (Å²) in [6, 6.07) is 22.1. The first-order valence-electron chi connectivity index (χ1n) is 9.59. The third-order valence-electron chi connectivity index (χ3n) is 5.09. The number of aryl methyl sites for hydroxylation is 1. The molecule has 1 amide bonds. The summed E-state index contributed by atoms with van der Waals surface area (Å²) >= 11 is 0. The largest absolute Gasteiger partial charge is 0.368 e. The van der Waals surface area contributed by atoms with Gasteiger partial charge in [-0.25, -0.2) is 4.98 Å². The van der Waals surface area contributed by atoms with Crippen LogP contribution < -0.4 is 10.2 Å². The third-order valence-corrected chi connectivity index (χ3v) is 5.09. The van der Waals surface area contributed by atoms with Crippen LogP contribution in [0.5, 0.6) is 0 Å². The minimum absolute atomic E-state index is 0.00449. The van der Waals surface area contributed by atoms with Crippen LogP contribution in [0.25, 0.3) is 0 Å². The maximum atomic E-state index is 12.8. The fourth-order valence-electron chi connectivity index (χ4n) is 3.43. The van der Waals surface area contributed by atoms with Crippen molar-refractivity contribution >= 4 is 23.0 Å². The normalized spacial score (nSPS) is 14.0. The fourth-order valence-corrected chi connectivity index (χ4v) is 3.43. The molecule has 0 saturated carbocycles. The van der Waals surface area contributed by atoms with Gasteiger partial charge in [-0.2, -0.15) is 0 Å². The lowest BCUT2D eigenvalue weighted by Crippen LogP contribution is -2.49. The van der Waals surface area contributed by atoms with Crippen LogP contribution in [-0.4, -0.2) is 42.0 Å². The Morgan fingerprint density at radius 1 is 0.893 bits per heavy atom. The highest BCUT2D eigenvalue weighted by atomic mass is 16.2. The van der Waals surface area contributed by atoms with Crippen LogP contribution >= 0.6 is 0 Å². The van der Waals surface area contributed by atoms with E-state index >= 15 is 0 Å². The summed E-state index contributed by atoms with van der Waals surface area (Å²) in [7, 11) is 0. The maximum Gasteiger partial charge on any atom is 0.272 e. The van der Waals surface area contributed by atoms with Crippen LogP contribution in [0.15, 0.2) is 72.9 Å². The number of nitrogens with zero attached hydrogens (tertiary/aromatic N) is 3. The van der Waals surface area contributed by atoms with E-state index in [1.807, 2.05) is 47.4 Å². The molecule has 1 aliphatic heterocycles. The zero-order valence-electron chi connectivity index (χ0n) is 16.0. The molecule has 5 nitrogen and oxygen atoms in total. The van der Waals surface area contributed by atoms with Crippen LogP contribution in [0.2, 0.25) is 0 Å². The maximum absolute atomic E-state index is 12.8. The Balaban J connectivity index is 1.37. The summed E-state index contributed by atoms with van der Waals surface area (Å²) in [5.41, 5.74) is 4.78. The van der Waals surface area contributed by atoms with Crippen molar-refractivity contribution in [1.82, 2.24) is 9.88 Å². The van der Waals surface area contributed by atoms with Gasteiger partial charge in [0.15, 0.2) is 0 Å². The summed E-state index contributed by atoms with van der Waals surface area (Å²) in [6.45, 7) is 5.14. The molecule has 3 aromatic rings. The average Bonchev–Trinajstić information content (AvgIpc) is 2.76. The summed E-state index contributed by atoms with van der Waals surface area (Å²) < 4.78 is 0. The smallest absolute Gasteiger partial charge is 0.272 e. The minimum Gasteiger partial charge on any atom is -0.368 e. The number of amides is 1. The number of para-hydroxylation sites is 2. The Hall–Kier alpha value is -3.34. The lowest BCUT2D eigenvalue weighted by atomic mass is 10.2. The fraction of sp³-hybridized carbons (Fsp3) is 0.217. The van der Waals surface area contributed by atoms with Crippen molar-refractivity contribution < 1.29 is 4.79 Å². The molecule has 1 saturated heterocycles. The minimum atomic E-state index is -0.00449. The third kappa shape index (κ3) is 3.98. The lowest BCUT2D eigenvalue weighted by molar-refractivity contribution is 0.0741. The second-order valence-corrected chi connectivity index (χ2v) is 6.99. The number of hydrogen-bond donors (Lipinski definition) is 1. The number of anilines is 3. The Kier molecular flexibility index (Phi) is 5.24. The molecule has 5 heteroatoms. The van der Waals surface area contributed by atoms with Crippen LogP contribution in [0.4, 0.5) is 17.1 Å². The van der Waals surface area contributed by atoms with E-state index in [1.54, 1.807) is 12.3 Å². The van der Waals surface area contributed by atoms with Gasteiger partial charge < -0.3 is 15.1 Å². The van der Waals surface area contributed by atoms with Gasteiger partial charge in [0, 0.05) is 37.6 Å². The number of hydrogen-bond acceptors (Lipinski definition) is 4. The molecule has 4 rings (SSSR count). The Morgan fingerprint density at radius 3 is 2.29 bits per heavy atom. The standard InChI is InChI=1S/C23H24N4O/c1-18-7-5-6-10-21(18)25-19-11-12-22(24-17-19)23(28)27-15-13-26(14-16-27)20-8-3-2-4-9-20/h2-12,17,25H,13-16H2,1H3. The lowest BCUT2D eigenvalue weighted by Gasteiger charge is -2.36. The molecule has 142 valence electrons. The van der Waals surface area contributed by atoms with Gasteiger partial charge >= 0.3 is 0 Å². The number of rotatable bonds is 4. The van der Waals surface area contributed by atoms with E-state index < -0.39 is 0 Å². The molecule has 0 bridgehead atoms. The number of benzene rings is 2. The van der Waals surface area contributed by atoms with Crippen molar-refractivity contribution in [2.45, 2.75) is 6.92 Å². The highest BCUT2D eigenvalue weighted by Gasteiger charge is 2.23. The molecular weight excluding hydrogens is 348 g/mol. The molecule has 2 aromatic carbocycles. The van der Waals surface area contributed by atoms with Crippen molar-refractivity contribution in [3.05, 3.63) is 84.2 Å². The summed E-state index contributed by atoms with van der Waals surface area (Å²) in [5.74, 6) is -0.00449. The number of carbonyl (C=O) groups is 1. The number of aromatic nitrogens is 1. The Bertz CT molecular complexity index is 932.